The highest BCUT2D eigenvalue weighted by Gasteiger charge is 2.13. The summed E-state index contributed by atoms with van der Waals surface area (Å²) in [7, 11) is 0. The molecular formula is C27H33Br. The van der Waals surface area contributed by atoms with Crippen molar-refractivity contribution < 1.29 is 0 Å². The van der Waals surface area contributed by atoms with Crippen LogP contribution in [0.4, 0.5) is 0 Å². The molecule has 3 aromatic rings. The standard InChI is InChI=1S/C25H27Br.C2H6/c1-17(2)18-6-8-19(9-7-18)21-14-22(16-24(26)15-21)20-10-12-23(13-11-20)25(3,4)5;1-2/h6-17H,1-5H3;1-2H3. The second-order valence-electron chi connectivity index (χ2n) is 8.33. The minimum atomic E-state index is 0.180. The average molecular weight is 437 g/mol. The van der Waals surface area contributed by atoms with Gasteiger partial charge in [0.1, 0.15) is 0 Å². The molecule has 0 aliphatic heterocycles. The Bertz CT molecular complexity index is 879. The first-order chi connectivity index (χ1) is 13.2. The van der Waals surface area contributed by atoms with Crippen LogP contribution < -0.4 is 0 Å². The summed E-state index contributed by atoms with van der Waals surface area (Å²) in [4.78, 5) is 0. The van der Waals surface area contributed by atoms with Crippen LogP contribution in [-0.4, -0.2) is 0 Å². The van der Waals surface area contributed by atoms with Crippen LogP contribution >= 0.6 is 15.9 Å². The van der Waals surface area contributed by atoms with Gasteiger partial charge in [-0.3, -0.25) is 0 Å². The first kappa shape index (κ1) is 22.4. The van der Waals surface area contributed by atoms with Crippen molar-refractivity contribution in [3.05, 3.63) is 82.3 Å². The number of rotatable bonds is 3. The summed E-state index contributed by atoms with van der Waals surface area (Å²) in [6.07, 6.45) is 0. The van der Waals surface area contributed by atoms with Crippen LogP contribution in [0.2, 0.25) is 0 Å². The van der Waals surface area contributed by atoms with Crippen molar-refractivity contribution >= 4 is 15.9 Å². The molecule has 0 saturated carbocycles. The lowest BCUT2D eigenvalue weighted by Gasteiger charge is -2.19. The minimum absolute atomic E-state index is 0.180. The van der Waals surface area contributed by atoms with E-state index in [1.54, 1.807) is 0 Å². The average Bonchev–Trinajstić information content (AvgIpc) is 2.68. The molecule has 0 N–H and O–H groups in total. The molecule has 0 atom stereocenters. The number of halogens is 1. The van der Waals surface area contributed by atoms with Crippen LogP contribution in [0.5, 0.6) is 0 Å². The van der Waals surface area contributed by atoms with E-state index in [2.05, 4.69) is 117 Å². The largest absolute Gasteiger partial charge is 0.0683 e. The zero-order chi connectivity index (χ0) is 20.9. The van der Waals surface area contributed by atoms with E-state index in [0.29, 0.717) is 5.92 Å². The topological polar surface area (TPSA) is 0 Å². The van der Waals surface area contributed by atoms with Gasteiger partial charge >= 0.3 is 0 Å². The zero-order valence-electron chi connectivity index (χ0n) is 18.3. The monoisotopic (exact) mass is 436 g/mol. The Morgan fingerprint density at radius 1 is 0.643 bits per heavy atom. The molecular weight excluding hydrogens is 404 g/mol. The van der Waals surface area contributed by atoms with Gasteiger partial charge in [-0.2, -0.15) is 0 Å². The molecule has 0 aliphatic rings. The van der Waals surface area contributed by atoms with E-state index in [-0.39, 0.29) is 5.41 Å². The Morgan fingerprint density at radius 3 is 1.46 bits per heavy atom. The van der Waals surface area contributed by atoms with Crippen molar-refractivity contribution in [2.45, 2.75) is 59.8 Å². The first-order valence-corrected chi connectivity index (χ1v) is 11.1. The fourth-order valence-electron chi connectivity index (χ4n) is 3.15. The van der Waals surface area contributed by atoms with Crippen LogP contribution in [0.1, 0.15) is 65.5 Å². The third kappa shape index (κ3) is 5.58. The van der Waals surface area contributed by atoms with Crippen LogP contribution in [0.3, 0.4) is 0 Å². The highest BCUT2D eigenvalue weighted by Crippen LogP contribution is 2.32. The van der Waals surface area contributed by atoms with Crippen molar-refractivity contribution in [2.75, 3.05) is 0 Å². The van der Waals surface area contributed by atoms with Gasteiger partial charge in [-0.15, -0.1) is 0 Å². The van der Waals surface area contributed by atoms with Gasteiger partial charge in [-0.05, 0) is 62.9 Å². The van der Waals surface area contributed by atoms with Crippen LogP contribution in [0.25, 0.3) is 22.3 Å². The van der Waals surface area contributed by atoms with Crippen molar-refractivity contribution in [3.8, 4) is 22.3 Å². The van der Waals surface area contributed by atoms with Crippen molar-refractivity contribution in [1.82, 2.24) is 0 Å². The van der Waals surface area contributed by atoms with E-state index >= 15 is 0 Å². The molecule has 0 unspecified atom stereocenters. The Hall–Kier alpha value is -1.86. The Labute approximate surface area is 180 Å². The lowest BCUT2D eigenvalue weighted by Crippen LogP contribution is -2.10. The normalized spacial score (nSPS) is 11.2. The van der Waals surface area contributed by atoms with E-state index in [4.69, 9.17) is 0 Å². The second-order valence-corrected chi connectivity index (χ2v) is 9.25. The maximum atomic E-state index is 3.69. The molecule has 0 amide bonds. The molecule has 0 radical (unpaired) electrons. The smallest absolute Gasteiger partial charge is 0.0187 e. The Morgan fingerprint density at radius 2 is 1.07 bits per heavy atom. The first-order valence-electron chi connectivity index (χ1n) is 10.3. The molecule has 148 valence electrons. The highest BCUT2D eigenvalue weighted by molar-refractivity contribution is 9.10. The lowest BCUT2D eigenvalue weighted by atomic mass is 9.86. The van der Waals surface area contributed by atoms with Gasteiger partial charge in [-0.25, -0.2) is 0 Å². The van der Waals surface area contributed by atoms with E-state index in [1.807, 2.05) is 13.8 Å². The SMILES string of the molecule is CC.CC(C)c1ccc(-c2cc(Br)cc(-c3ccc(C(C)(C)C)cc3)c2)cc1. The van der Waals surface area contributed by atoms with Crippen molar-refractivity contribution in [3.63, 3.8) is 0 Å². The van der Waals surface area contributed by atoms with Gasteiger partial charge in [0.05, 0.1) is 0 Å². The molecule has 0 aromatic heterocycles. The van der Waals surface area contributed by atoms with Crippen LogP contribution in [0.15, 0.2) is 71.2 Å². The summed E-state index contributed by atoms with van der Waals surface area (Å²) in [6, 6.07) is 24.5. The summed E-state index contributed by atoms with van der Waals surface area (Å²) in [5, 5.41) is 0. The van der Waals surface area contributed by atoms with Crippen LogP contribution in [0, 0.1) is 0 Å². The summed E-state index contributed by atoms with van der Waals surface area (Å²) < 4.78 is 1.11. The number of hydrogen-bond acceptors (Lipinski definition) is 0. The third-order valence-electron chi connectivity index (χ3n) is 4.89. The van der Waals surface area contributed by atoms with Crippen LogP contribution in [-0.2, 0) is 5.41 Å². The highest BCUT2D eigenvalue weighted by atomic mass is 79.9. The number of hydrogen-bond donors (Lipinski definition) is 0. The molecule has 0 saturated heterocycles. The second kappa shape index (κ2) is 9.56. The minimum Gasteiger partial charge on any atom is -0.0683 e. The quantitative estimate of drug-likeness (QED) is 0.383. The predicted octanol–water partition coefficient (Wildman–Crippen LogP) is 9.23. The number of benzene rings is 3. The van der Waals surface area contributed by atoms with E-state index in [0.717, 1.165) is 4.47 Å². The van der Waals surface area contributed by atoms with Crippen molar-refractivity contribution in [2.24, 2.45) is 0 Å². The fourth-order valence-corrected chi connectivity index (χ4v) is 3.64. The summed E-state index contributed by atoms with van der Waals surface area (Å²) in [6.45, 7) is 15.2. The molecule has 28 heavy (non-hydrogen) atoms. The summed E-state index contributed by atoms with van der Waals surface area (Å²) >= 11 is 3.69. The van der Waals surface area contributed by atoms with Gasteiger partial charge < -0.3 is 0 Å². The predicted molar refractivity (Wildman–Crippen MR) is 129 cm³/mol. The maximum absolute atomic E-state index is 3.69. The molecule has 1 heteroatoms. The molecule has 0 bridgehead atoms. The van der Waals surface area contributed by atoms with Gasteiger partial charge in [-0.1, -0.05) is 113 Å². The molecule has 3 rings (SSSR count). The van der Waals surface area contributed by atoms with E-state index in [9.17, 15) is 0 Å². The zero-order valence-corrected chi connectivity index (χ0v) is 19.9. The molecule has 0 nitrogen and oxygen atoms in total. The van der Waals surface area contributed by atoms with Gasteiger partial charge in [0, 0.05) is 4.47 Å². The maximum Gasteiger partial charge on any atom is 0.0187 e. The van der Waals surface area contributed by atoms with Crippen molar-refractivity contribution in [1.29, 1.82) is 0 Å². The Balaban J connectivity index is 0.00000136. The summed E-state index contributed by atoms with van der Waals surface area (Å²) in [5.41, 5.74) is 7.90. The van der Waals surface area contributed by atoms with Gasteiger partial charge in [0.25, 0.3) is 0 Å². The third-order valence-corrected chi connectivity index (χ3v) is 5.35. The molecule has 0 heterocycles. The molecule has 0 fully saturated rings. The summed E-state index contributed by atoms with van der Waals surface area (Å²) in [5.74, 6) is 0.559. The lowest BCUT2D eigenvalue weighted by molar-refractivity contribution is 0.590. The molecule has 3 aromatic carbocycles. The van der Waals surface area contributed by atoms with Gasteiger partial charge in [0.15, 0.2) is 0 Å². The fraction of sp³-hybridized carbons (Fsp3) is 0.333. The van der Waals surface area contributed by atoms with E-state index < -0.39 is 0 Å². The molecule has 0 aliphatic carbocycles. The van der Waals surface area contributed by atoms with Gasteiger partial charge in [0.2, 0.25) is 0 Å². The molecule has 0 spiro atoms. The Kier molecular flexibility index (Phi) is 7.66. The van der Waals surface area contributed by atoms with E-state index in [1.165, 1.54) is 33.4 Å².